The summed E-state index contributed by atoms with van der Waals surface area (Å²) in [6.45, 7) is -0.155. The summed E-state index contributed by atoms with van der Waals surface area (Å²) >= 11 is 0. The minimum Gasteiger partial charge on any atom is -0.483 e. The average molecular weight is 388 g/mol. The number of halogens is 2. The Labute approximate surface area is 165 Å². The lowest BCUT2D eigenvalue weighted by atomic mass is 10.0. The highest BCUT2D eigenvalue weighted by molar-refractivity contribution is 5.96. The summed E-state index contributed by atoms with van der Waals surface area (Å²) in [7, 11) is 0. The maximum atomic E-state index is 13.5. The van der Waals surface area contributed by atoms with Crippen molar-refractivity contribution in [2.24, 2.45) is 0 Å². The van der Waals surface area contributed by atoms with Crippen LogP contribution in [0.3, 0.4) is 0 Å². The fourth-order valence-electron chi connectivity index (χ4n) is 3.51. The van der Waals surface area contributed by atoms with E-state index < -0.39 is 0 Å². The van der Waals surface area contributed by atoms with E-state index in [0.29, 0.717) is 39.7 Å². The first-order valence-corrected chi connectivity index (χ1v) is 9.02. The van der Waals surface area contributed by atoms with Crippen molar-refractivity contribution in [1.82, 2.24) is 9.55 Å². The van der Waals surface area contributed by atoms with E-state index in [1.165, 1.54) is 28.8 Å². The monoisotopic (exact) mass is 388 g/mol. The summed E-state index contributed by atoms with van der Waals surface area (Å²) in [6, 6.07) is 19.0. The molecule has 6 heteroatoms. The van der Waals surface area contributed by atoms with E-state index in [1.54, 1.807) is 30.3 Å². The molecule has 29 heavy (non-hydrogen) atoms. The van der Waals surface area contributed by atoms with Gasteiger partial charge in [0.1, 0.15) is 17.4 Å². The maximum Gasteiger partial charge on any atom is 0.270 e. The van der Waals surface area contributed by atoms with Gasteiger partial charge in [0, 0.05) is 11.1 Å². The molecule has 0 saturated carbocycles. The fraction of sp³-hybridized carbons (Fsp3) is 0.0435. The summed E-state index contributed by atoms with van der Waals surface area (Å²) in [4.78, 5) is 17.7. The van der Waals surface area contributed by atoms with Gasteiger partial charge in [-0.15, -0.1) is 0 Å². The molecule has 0 saturated heterocycles. The number of carbonyl (C=O) groups excluding carboxylic acids is 1. The summed E-state index contributed by atoms with van der Waals surface area (Å²) < 4.78 is 34.1. The number of carbonyl (C=O) groups is 1. The molecule has 0 aliphatic carbocycles. The van der Waals surface area contributed by atoms with Gasteiger partial charge in [-0.05, 0) is 60.7 Å². The van der Waals surface area contributed by atoms with Crippen LogP contribution in [0.5, 0.6) is 5.75 Å². The molecule has 0 fully saturated rings. The molecule has 0 N–H and O–H groups in total. The van der Waals surface area contributed by atoms with Crippen LogP contribution in [0.2, 0.25) is 0 Å². The van der Waals surface area contributed by atoms with Crippen molar-refractivity contribution < 1.29 is 18.3 Å². The lowest BCUT2D eigenvalue weighted by molar-refractivity contribution is 0.0848. The van der Waals surface area contributed by atoms with Crippen LogP contribution in [-0.4, -0.2) is 22.1 Å². The molecular weight excluding hydrogens is 374 g/mol. The molecule has 0 spiro atoms. The Kier molecular flexibility index (Phi) is 3.98. The van der Waals surface area contributed by atoms with Gasteiger partial charge >= 0.3 is 0 Å². The minimum atomic E-state index is -0.382. The Morgan fingerprint density at radius 1 is 0.828 bits per heavy atom. The van der Waals surface area contributed by atoms with Gasteiger partial charge in [0.15, 0.2) is 12.4 Å². The van der Waals surface area contributed by atoms with Crippen molar-refractivity contribution in [2.75, 3.05) is 6.61 Å². The fourth-order valence-corrected chi connectivity index (χ4v) is 3.51. The van der Waals surface area contributed by atoms with Gasteiger partial charge in [0.05, 0.1) is 17.0 Å². The first-order valence-electron chi connectivity index (χ1n) is 9.02. The lowest BCUT2D eigenvalue weighted by Gasteiger charge is -2.09. The van der Waals surface area contributed by atoms with E-state index in [9.17, 15) is 13.6 Å². The summed E-state index contributed by atoms with van der Waals surface area (Å²) in [5.41, 5.74) is 2.97. The zero-order valence-electron chi connectivity index (χ0n) is 15.1. The normalized spacial score (nSPS) is 12.7. The molecular formula is C23H14F2N2O2. The number of ether oxygens (including phenoxy) is 1. The summed E-state index contributed by atoms with van der Waals surface area (Å²) in [6.07, 6.45) is 0. The smallest absolute Gasteiger partial charge is 0.270 e. The van der Waals surface area contributed by atoms with Crippen molar-refractivity contribution in [3.05, 3.63) is 84.4 Å². The first kappa shape index (κ1) is 17.3. The van der Waals surface area contributed by atoms with E-state index in [4.69, 9.17) is 9.72 Å². The number of nitrogens with zero attached hydrogens (tertiary/aromatic N) is 2. The zero-order chi connectivity index (χ0) is 20.0. The molecule has 0 bridgehead atoms. The number of aromatic nitrogens is 2. The third-order valence-corrected chi connectivity index (χ3v) is 4.84. The molecule has 1 aliphatic rings. The average Bonchev–Trinajstić information content (AvgIpc) is 3.07. The van der Waals surface area contributed by atoms with Gasteiger partial charge in [0.25, 0.3) is 5.91 Å². The number of para-hydroxylation sites is 1. The van der Waals surface area contributed by atoms with Crippen molar-refractivity contribution in [1.29, 1.82) is 0 Å². The van der Waals surface area contributed by atoms with Crippen LogP contribution >= 0.6 is 0 Å². The van der Waals surface area contributed by atoms with E-state index >= 15 is 0 Å². The number of imidazole rings is 1. The summed E-state index contributed by atoms with van der Waals surface area (Å²) in [5.74, 6) is -0.0561. The molecule has 4 aromatic rings. The zero-order valence-corrected chi connectivity index (χ0v) is 15.1. The van der Waals surface area contributed by atoms with Gasteiger partial charge in [-0.25, -0.2) is 13.8 Å². The SMILES string of the molecule is O=C1COc2ccccc2-c2nc(-c3ccc(F)cc3)c(-c3ccc(F)cc3)n21. The molecule has 0 amide bonds. The van der Waals surface area contributed by atoms with Crippen LogP contribution in [0.1, 0.15) is 4.79 Å². The number of hydrogen-bond donors (Lipinski definition) is 0. The molecule has 4 nitrogen and oxygen atoms in total. The van der Waals surface area contributed by atoms with E-state index in [0.717, 1.165) is 0 Å². The van der Waals surface area contributed by atoms with E-state index in [1.807, 2.05) is 18.2 Å². The van der Waals surface area contributed by atoms with Crippen LogP contribution in [-0.2, 0) is 0 Å². The molecule has 0 atom stereocenters. The minimum absolute atomic E-state index is 0.155. The Balaban J connectivity index is 1.85. The lowest BCUT2D eigenvalue weighted by Crippen LogP contribution is -2.18. The molecule has 0 unspecified atom stereocenters. The van der Waals surface area contributed by atoms with Gasteiger partial charge < -0.3 is 4.74 Å². The summed E-state index contributed by atoms with van der Waals surface area (Å²) in [5, 5.41) is 0. The Hall–Kier alpha value is -3.80. The van der Waals surface area contributed by atoms with Crippen molar-refractivity contribution in [3.8, 4) is 39.7 Å². The second-order valence-corrected chi connectivity index (χ2v) is 6.66. The van der Waals surface area contributed by atoms with Crippen LogP contribution in [0, 0.1) is 11.6 Å². The topological polar surface area (TPSA) is 44.1 Å². The molecule has 1 aromatic heterocycles. The Morgan fingerprint density at radius 2 is 1.45 bits per heavy atom. The molecule has 2 heterocycles. The molecule has 3 aromatic carbocycles. The second kappa shape index (κ2) is 6.67. The molecule has 1 aliphatic heterocycles. The van der Waals surface area contributed by atoms with E-state index in [2.05, 4.69) is 0 Å². The molecule has 5 rings (SSSR count). The van der Waals surface area contributed by atoms with Gasteiger partial charge in [-0.2, -0.15) is 0 Å². The van der Waals surface area contributed by atoms with Crippen molar-refractivity contribution in [3.63, 3.8) is 0 Å². The van der Waals surface area contributed by atoms with Gasteiger partial charge in [-0.3, -0.25) is 9.36 Å². The number of fused-ring (bicyclic) bond motifs is 3. The number of benzene rings is 3. The second-order valence-electron chi connectivity index (χ2n) is 6.66. The first-order chi connectivity index (χ1) is 14.1. The molecule has 142 valence electrons. The predicted molar refractivity (Wildman–Crippen MR) is 105 cm³/mol. The van der Waals surface area contributed by atoms with Crippen LogP contribution in [0.25, 0.3) is 33.9 Å². The highest BCUT2D eigenvalue weighted by atomic mass is 19.1. The number of hydrogen-bond acceptors (Lipinski definition) is 3. The maximum absolute atomic E-state index is 13.5. The third-order valence-electron chi connectivity index (χ3n) is 4.84. The Morgan fingerprint density at radius 3 is 2.14 bits per heavy atom. The predicted octanol–water partition coefficient (Wildman–Crippen LogP) is 5.19. The largest absolute Gasteiger partial charge is 0.483 e. The van der Waals surface area contributed by atoms with Gasteiger partial charge in [0.2, 0.25) is 0 Å². The Bertz CT molecular complexity index is 1230. The third kappa shape index (κ3) is 2.89. The van der Waals surface area contributed by atoms with Gasteiger partial charge in [-0.1, -0.05) is 12.1 Å². The van der Waals surface area contributed by atoms with Crippen molar-refractivity contribution >= 4 is 5.91 Å². The highest BCUT2D eigenvalue weighted by Gasteiger charge is 2.29. The number of rotatable bonds is 2. The quantitative estimate of drug-likeness (QED) is 0.474. The van der Waals surface area contributed by atoms with Crippen LogP contribution in [0.15, 0.2) is 72.8 Å². The molecule has 0 radical (unpaired) electrons. The highest BCUT2D eigenvalue weighted by Crippen LogP contribution is 2.40. The van der Waals surface area contributed by atoms with Crippen molar-refractivity contribution in [2.45, 2.75) is 0 Å². The van der Waals surface area contributed by atoms with E-state index in [-0.39, 0.29) is 24.1 Å². The van der Waals surface area contributed by atoms with Crippen LogP contribution in [0.4, 0.5) is 8.78 Å². The van der Waals surface area contributed by atoms with Crippen LogP contribution < -0.4 is 4.74 Å². The standard InChI is InChI=1S/C23H14F2N2O2/c24-16-9-5-14(6-10-16)21-22(15-7-11-17(25)12-8-15)27-20(28)13-29-19-4-2-1-3-18(19)23(27)26-21/h1-12H,13H2.